The van der Waals surface area contributed by atoms with Gasteiger partial charge in [-0.3, -0.25) is 0 Å². The van der Waals surface area contributed by atoms with E-state index in [9.17, 15) is 0 Å². The van der Waals surface area contributed by atoms with E-state index < -0.39 is 5.79 Å². The lowest BCUT2D eigenvalue weighted by atomic mass is 9.71. The highest BCUT2D eigenvalue weighted by molar-refractivity contribution is 5.22. The Morgan fingerprint density at radius 1 is 0.913 bits per heavy atom. The van der Waals surface area contributed by atoms with Gasteiger partial charge in [0.05, 0.1) is 11.2 Å². The molecule has 0 radical (unpaired) electrons. The summed E-state index contributed by atoms with van der Waals surface area (Å²) in [5, 5.41) is 0. The van der Waals surface area contributed by atoms with E-state index in [0.29, 0.717) is 5.41 Å². The van der Waals surface area contributed by atoms with Crippen molar-refractivity contribution >= 4 is 0 Å². The van der Waals surface area contributed by atoms with E-state index >= 15 is 0 Å². The fraction of sp³-hybridized carbons (Fsp3) is 0.905. The Labute approximate surface area is 145 Å². The third-order valence-electron chi connectivity index (χ3n) is 4.56. The van der Waals surface area contributed by atoms with Crippen LogP contribution in [0.4, 0.5) is 0 Å². The first kappa shape index (κ1) is 20.7. The van der Waals surface area contributed by atoms with Crippen LogP contribution >= 0.6 is 0 Å². The summed E-state index contributed by atoms with van der Waals surface area (Å²) in [6, 6.07) is 0. The lowest BCUT2D eigenvalue weighted by molar-refractivity contribution is -0.304. The predicted octanol–water partition coefficient (Wildman–Crippen LogP) is 6.64. The van der Waals surface area contributed by atoms with Gasteiger partial charge in [-0.25, -0.2) is 0 Å². The minimum atomic E-state index is -0.558. The first-order chi connectivity index (χ1) is 10.1. The fourth-order valence-corrected chi connectivity index (χ4v) is 4.00. The van der Waals surface area contributed by atoms with Crippen LogP contribution in [0.2, 0.25) is 0 Å². The summed E-state index contributed by atoms with van der Waals surface area (Å²) < 4.78 is 12.7. The van der Waals surface area contributed by atoms with Crippen molar-refractivity contribution in [2.75, 3.05) is 0 Å². The quantitative estimate of drug-likeness (QED) is 0.417. The van der Waals surface area contributed by atoms with Crippen molar-refractivity contribution in [1.29, 1.82) is 0 Å². The van der Waals surface area contributed by atoms with E-state index in [0.717, 1.165) is 12.8 Å². The molecule has 0 aromatic carbocycles. The van der Waals surface area contributed by atoms with Crippen LogP contribution < -0.4 is 0 Å². The molecule has 0 N–H and O–H groups in total. The van der Waals surface area contributed by atoms with Crippen molar-refractivity contribution in [1.82, 2.24) is 0 Å². The molecule has 0 bridgehead atoms. The number of allylic oxidation sites excluding steroid dienone is 2. The summed E-state index contributed by atoms with van der Waals surface area (Å²) in [5.74, 6) is -0.558. The van der Waals surface area contributed by atoms with Crippen LogP contribution in [0.15, 0.2) is 11.1 Å². The number of ether oxygens (including phenoxy) is 2. The van der Waals surface area contributed by atoms with Gasteiger partial charge in [0.2, 0.25) is 0 Å². The van der Waals surface area contributed by atoms with Crippen LogP contribution in [0.3, 0.4) is 0 Å². The van der Waals surface area contributed by atoms with Crippen molar-refractivity contribution in [3.63, 3.8) is 0 Å². The normalized spacial score (nSPS) is 20.1. The highest BCUT2D eigenvalue weighted by Gasteiger charge is 2.37. The SMILES string of the molecule is CC1=C(CCC(C)(OC(C)(C)C)OC(C)(C)C)C(C)(C)CCC1. The van der Waals surface area contributed by atoms with Gasteiger partial charge in [-0.2, -0.15) is 0 Å². The molecule has 0 aromatic heterocycles. The molecule has 0 fully saturated rings. The summed E-state index contributed by atoms with van der Waals surface area (Å²) in [6.45, 7) is 21.8. The largest absolute Gasteiger partial charge is 0.345 e. The molecule has 0 saturated heterocycles. The molecular formula is C21H40O2. The van der Waals surface area contributed by atoms with Gasteiger partial charge in [-0.1, -0.05) is 25.0 Å². The van der Waals surface area contributed by atoms with E-state index in [2.05, 4.69) is 69.2 Å². The Morgan fingerprint density at radius 2 is 1.39 bits per heavy atom. The Balaban J connectivity index is 2.93. The van der Waals surface area contributed by atoms with Gasteiger partial charge in [0.25, 0.3) is 0 Å². The second kappa shape index (κ2) is 6.88. The smallest absolute Gasteiger partial charge is 0.167 e. The summed E-state index contributed by atoms with van der Waals surface area (Å²) >= 11 is 0. The van der Waals surface area contributed by atoms with Crippen LogP contribution in [0.1, 0.15) is 101 Å². The molecule has 0 saturated carbocycles. The van der Waals surface area contributed by atoms with Crippen LogP contribution in [0.5, 0.6) is 0 Å². The topological polar surface area (TPSA) is 18.5 Å². The van der Waals surface area contributed by atoms with Crippen LogP contribution in [-0.4, -0.2) is 17.0 Å². The third-order valence-corrected chi connectivity index (χ3v) is 4.56. The van der Waals surface area contributed by atoms with Crippen LogP contribution in [0, 0.1) is 5.41 Å². The Morgan fingerprint density at radius 3 is 1.78 bits per heavy atom. The maximum absolute atomic E-state index is 6.35. The monoisotopic (exact) mass is 324 g/mol. The zero-order valence-electron chi connectivity index (χ0n) is 17.4. The molecule has 2 nitrogen and oxygen atoms in total. The summed E-state index contributed by atoms with van der Waals surface area (Å²) in [7, 11) is 0. The molecular weight excluding hydrogens is 284 g/mol. The van der Waals surface area contributed by atoms with E-state index in [1.54, 1.807) is 11.1 Å². The van der Waals surface area contributed by atoms with E-state index in [4.69, 9.17) is 9.47 Å². The molecule has 0 atom stereocenters. The van der Waals surface area contributed by atoms with Crippen molar-refractivity contribution in [3.05, 3.63) is 11.1 Å². The van der Waals surface area contributed by atoms with Crippen molar-refractivity contribution in [3.8, 4) is 0 Å². The van der Waals surface area contributed by atoms with Gasteiger partial charge in [0.1, 0.15) is 0 Å². The van der Waals surface area contributed by atoms with Crippen molar-refractivity contribution in [2.45, 2.75) is 118 Å². The second-order valence-corrected chi connectivity index (χ2v) is 10.1. The number of rotatable bonds is 5. The molecule has 1 rings (SSSR count). The summed E-state index contributed by atoms with van der Waals surface area (Å²) in [6.07, 6.45) is 5.81. The molecule has 23 heavy (non-hydrogen) atoms. The lowest BCUT2D eigenvalue weighted by Gasteiger charge is -2.42. The van der Waals surface area contributed by atoms with Gasteiger partial charge in [0.15, 0.2) is 5.79 Å². The van der Waals surface area contributed by atoms with E-state index in [1.165, 1.54) is 19.3 Å². The van der Waals surface area contributed by atoms with Gasteiger partial charge in [0, 0.05) is 6.42 Å². The van der Waals surface area contributed by atoms with Crippen LogP contribution in [0.25, 0.3) is 0 Å². The average Bonchev–Trinajstić information content (AvgIpc) is 2.21. The zero-order chi connectivity index (χ0) is 18.1. The van der Waals surface area contributed by atoms with Gasteiger partial charge < -0.3 is 9.47 Å². The Kier molecular flexibility index (Phi) is 6.19. The molecule has 0 heterocycles. The second-order valence-electron chi connectivity index (χ2n) is 10.1. The molecule has 2 heteroatoms. The summed E-state index contributed by atoms with van der Waals surface area (Å²) in [4.78, 5) is 0. The third kappa shape index (κ3) is 6.97. The predicted molar refractivity (Wildman–Crippen MR) is 99.6 cm³/mol. The van der Waals surface area contributed by atoms with Crippen molar-refractivity contribution in [2.24, 2.45) is 5.41 Å². The summed E-state index contributed by atoms with van der Waals surface area (Å²) in [5.41, 5.74) is 3.07. The molecule has 0 aromatic rings. The molecule has 136 valence electrons. The fourth-order valence-electron chi connectivity index (χ4n) is 4.00. The van der Waals surface area contributed by atoms with E-state index in [1.807, 2.05) is 0 Å². The van der Waals surface area contributed by atoms with Gasteiger partial charge in [-0.05, 0) is 86.5 Å². The average molecular weight is 325 g/mol. The molecule has 1 aliphatic rings. The maximum Gasteiger partial charge on any atom is 0.167 e. The van der Waals surface area contributed by atoms with Gasteiger partial charge in [-0.15, -0.1) is 0 Å². The number of hydrogen-bond acceptors (Lipinski definition) is 2. The highest BCUT2D eigenvalue weighted by Crippen LogP contribution is 2.44. The standard InChI is InChI=1S/C21H40O2/c1-16-12-11-14-20(8,9)17(16)13-15-21(10,22-18(2,3)4)23-19(5,6)7/h11-15H2,1-10H3. The number of hydrogen-bond donors (Lipinski definition) is 0. The van der Waals surface area contributed by atoms with Gasteiger partial charge >= 0.3 is 0 Å². The first-order valence-corrected chi connectivity index (χ1v) is 9.23. The Hall–Kier alpha value is -0.340. The van der Waals surface area contributed by atoms with E-state index in [-0.39, 0.29) is 11.2 Å². The Bertz CT molecular complexity index is 414. The molecule has 1 aliphatic carbocycles. The zero-order valence-corrected chi connectivity index (χ0v) is 17.4. The lowest BCUT2D eigenvalue weighted by Crippen LogP contribution is -2.45. The molecule has 0 unspecified atom stereocenters. The molecule has 0 aliphatic heterocycles. The minimum Gasteiger partial charge on any atom is -0.345 e. The minimum absolute atomic E-state index is 0.217. The molecule has 0 spiro atoms. The highest BCUT2D eigenvalue weighted by atomic mass is 16.7. The molecule has 0 amide bonds. The van der Waals surface area contributed by atoms with Crippen LogP contribution in [-0.2, 0) is 9.47 Å². The maximum atomic E-state index is 6.35. The van der Waals surface area contributed by atoms with Crippen molar-refractivity contribution < 1.29 is 9.47 Å². The first-order valence-electron chi connectivity index (χ1n) is 9.23.